The third-order valence-corrected chi connectivity index (χ3v) is 11.7. The summed E-state index contributed by atoms with van der Waals surface area (Å²) in [6.45, 7) is 17.9. The Morgan fingerprint density at radius 2 is 1.47 bits per heavy atom. The quantitative estimate of drug-likeness (QED) is 0.314. The van der Waals surface area contributed by atoms with E-state index in [9.17, 15) is 5.11 Å². The Kier molecular flexibility index (Phi) is 8.60. The molecule has 196 valence electrons. The maximum Gasteiger partial charge on any atom is 0.261 e. The molecule has 1 N–H and O–H groups in total. The molecule has 1 aliphatic rings. The molecule has 5 heteroatoms. The highest BCUT2D eigenvalue weighted by molar-refractivity contribution is 6.99. The van der Waals surface area contributed by atoms with Gasteiger partial charge >= 0.3 is 0 Å². The van der Waals surface area contributed by atoms with E-state index in [1.165, 1.54) is 10.4 Å². The van der Waals surface area contributed by atoms with Crippen molar-refractivity contribution in [1.29, 1.82) is 0 Å². The minimum absolute atomic E-state index is 0.0582. The second-order valence-electron chi connectivity index (χ2n) is 12.5. The number of rotatable bonds is 7. The molecule has 36 heavy (non-hydrogen) atoms. The minimum Gasteiger partial charge on any atom is -0.407 e. The molecule has 2 aromatic rings. The van der Waals surface area contributed by atoms with Gasteiger partial charge in [0, 0.05) is 18.4 Å². The van der Waals surface area contributed by atoms with Crippen LogP contribution in [0.4, 0.5) is 0 Å². The summed E-state index contributed by atoms with van der Waals surface area (Å²) in [7, 11) is -2.55. The second kappa shape index (κ2) is 10.8. The third kappa shape index (κ3) is 6.30. The van der Waals surface area contributed by atoms with Crippen molar-refractivity contribution in [3.05, 3.63) is 60.7 Å². The lowest BCUT2D eigenvalue weighted by atomic mass is 9.85. The maximum absolute atomic E-state index is 11.2. The standard InChI is InChI=1S/C31H44O4Si/c1-28(2,3)35-27-30(7,8)24-33-31(27,32)22-16-11-17-23-34-36(29(4,5)6,25-18-12-9-13-19-25)26-20-14-10-15-21-26/h9-10,12-15,18-21,27,32H,11,17,23-24H2,1-8H3/t27-,31?/m1/s1. The largest absolute Gasteiger partial charge is 0.407 e. The van der Waals surface area contributed by atoms with Gasteiger partial charge in [0.1, 0.15) is 6.10 Å². The number of aliphatic hydroxyl groups is 1. The Labute approximate surface area is 219 Å². The molecule has 2 aromatic carbocycles. The van der Waals surface area contributed by atoms with E-state index in [0.717, 1.165) is 6.42 Å². The second-order valence-corrected chi connectivity index (χ2v) is 16.8. The van der Waals surface area contributed by atoms with Crippen molar-refractivity contribution in [2.75, 3.05) is 13.2 Å². The minimum atomic E-state index is -2.55. The van der Waals surface area contributed by atoms with E-state index in [1.54, 1.807) is 0 Å². The summed E-state index contributed by atoms with van der Waals surface area (Å²) in [5.41, 5.74) is -0.738. The molecule has 1 heterocycles. The predicted molar refractivity (Wildman–Crippen MR) is 150 cm³/mol. The van der Waals surface area contributed by atoms with Gasteiger partial charge in [0.05, 0.1) is 12.2 Å². The summed E-state index contributed by atoms with van der Waals surface area (Å²) in [4.78, 5) is 0. The van der Waals surface area contributed by atoms with Crippen molar-refractivity contribution >= 4 is 18.7 Å². The Hall–Kier alpha value is -1.94. The van der Waals surface area contributed by atoms with Crippen molar-refractivity contribution in [1.82, 2.24) is 0 Å². The summed E-state index contributed by atoms with van der Waals surface area (Å²) >= 11 is 0. The van der Waals surface area contributed by atoms with Gasteiger partial charge in [-0.25, -0.2) is 0 Å². The summed E-state index contributed by atoms with van der Waals surface area (Å²) < 4.78 is 18.9. The molecule has 1 unspecified atom stereocenters. The fourth-order valence-electron chi connectivity index (χ4n) is 5.01. The van der Waals surface area contributed by atoms with E-state index in [4.69, 9.17) is 13.9 Å². The van der Waals surface area contributed by atoms with Crippen LogP contribution in [0, 0.1) is 17.3 Å². The Morgan fingerprint density at radius 3 is 1.94 bits per heavy atom. The van der Waals surface area contributed by atoms with Crippen LogP contribution in [0.2, 0.25) is 5.04 Å². The highest BCUT2D eigenvalue weighted by Crippen LogP contribution is 2.42. The highest BCUT2D eigenvalue weighted by atomic mass is 28.4. The zero-order valence-corrected chi connectivity index (χ0v) is 24.4. The first-order valence-corrected chi connectivity index (χ1v) is 14.9. The highest BCUT2D eigenvalue weighted by Gasteiger charge is 2.55. The van der Waals surface area contributed by atoms with Gasteiger partial charge in [0.2, 0.25) is 0 Å². The van der Waals surface area contributed by atoms with Gasteiger partial charge in [0.15, 0.2) is 0 Å². The average molecular weight is 509 g/mol. The molecule has 0 radical (unpaired) electrons. The summed E-state index contributed by atoms with van der Waals surface area (Å²) in [6.07, 6.45) is 0.847. The van der Waals surface area contributed by atoms with E-state index in [-0.39, 0.29) is 10.5 Å². The van der Waals surface area contributed by atoms with E-state index in [2.05, 4.69) is 93.3 Å². The normalized spacial score (nSPS) is 22.2. The molecule has 1 aliphatic heterocycles. The SMILES string of the molecule is CC(C)(C)O[C@@H]1C(C)(C)COC1(O)C#CCCCO[Si](c1ccccc1)(c1ccccc1)C(C)(C)C. The number of unbranched alkanes of at least 4 members (excludes halogenated alkanes) is 1. The lowest BCUT2D eigenvalue weighted by Gasteiger charge is -2.43. The van der Waals surface area contributed by atoms with Crippen LogP contribution in [-0.4, -0.2) is 44.1 Å². The lowest BCUT2D eigenvalue weighted by molar-refractivity contribution is -0.215. The van der Waals surface area contributed by atoms with Gasteiger partial charge in [-0.3, -0.25) is 0 Å². The van der Waals surface area contributed by atoms with Crippen LogP contribution >= 0.6 is 0 Å². The molecule has 1 saturated heterocycles. The van der Waals surface area contributed by atoms with Gasteiger partial charge in [0.25, 0.3) is 14.1 Å². The van der Waals surface area contributed by atoms with Crippen LogP contribution in [0.15, 0.2) is 60.7 Å². The van der Waals surface area contributed by atoms with Crippen molar-refractivity contribution in [2.45, 2.75) is 90.8 Å². The molecule has 4 nitrogen and oxygen atoms in total. The molecule has 1 fully saturated rings. The van der Waals surface area contributed by atoms with E-state index >= 15 is 0 Å². The van der Waals surface area contributed by atoms with E-state index < -0.39 is 25.8 Å². The monoisotopic (exact) mass is 508 g/mol. The van der Waals surface area contributed by atoms with Gasteiger partial charge in [-0.1, -0.05) is 101 Å². The number of benzene rings is 2. The Balaban J connectivity index is 1.76. The molecule has 0 aromatic heterocycles. The molecule has 3 rings (SSSR count). The molecular formula is C31H44O4Si. The molecule has 0 saturated carbocycles. The van der Waals surface area contributed by atoms with Crippen LogP contribution in [-0.2, 0) is 13.9 Å². The zero-order chi connectivity index (χ0) is 26.7. The number of hydrogen-bond acceptors (Lipinski definition) is 4. The van der Waals surface area contributed by atoms with Crippen LogP contribution in [0.25, 0.3) is 0 Å². The first-order chi connectivity index (χ1) is 16.7. The molecular weight excluding hydrogens is 464 g/mol. The lowest BCUT2D eigenvalue weighted by Crippen LogP contribution is -2.66. The molecule has 0 bridgehead atoms. The van der Waals surface area contributed by atoms with Crippen LogP contribution in [0.3, 0.4) is 0 Å². The van der Waals surface area contributed by atoms with Gasteiger partial charge in [-0.15, -0.1) is 0 Å². The molecule has 2 atom stereocenters. The fraction of sp³-hybridized carbons (Fsp3) is 0.548. The summed E-state index contributed by atoms with van der Waals surface area (Å²) in [6, 6.07) is 21.3. The topological polar surface area (TPSA) is 47.9 Å². The molecule has 0 aliphatic carbocycles. The van der Waals surface area contributed by atoms with Crippen LogP contribution in [0.5, 0.6) is 0 Å². The zero-order valence-electron chi connectivity index (χ0n) is 23.4. The van der Waals surface area contributed by atoms with Crippen LogP contribution in [0.1, 0.15) is 68.2 Å². The van der Waals surface area contributed by atoms with Crippen molar-refractivity contribution < 1.29 is 19.0 Å². The first-order valence-electron chi connectivity index (χ1n) is 13.0. The summed E-state index contributed by atoms with van der Waals surface area (Å²) in [5, 5.41) is 13.7. The van der Waals surface area contributed by atoms with Crippen molar-refractivity contribution in [3.8, 4) is 11.8 Å². The maximum atomic E-state index is 11.2. The van der Waals surface area contributed by atoms with Gasteiger partial charge < -0.3 is 19.0 Å². The van der Waals surface area contributed by atoms with Gasteiger partial charge in [-0.05, 0) is 48.5 Å². The Morgan fingerprint density at radius 1 is 0.944 bits per heavy atom. The van der Waals surface area contributed by atoms with E-state index in [1.807, 2.05) is 34.6 Å². The van der Waals surface area contributed by atoms with Crippen molar-refractivity contribution in [3.63, 3.8) is 0 Å². The fourth-order valence-corrected chi connectivity index (χ4v) is 9.61. The Bertz CT molecular complexity index is 1000. The number of ether oxygens (including phenoxy) is 2. The van der Waals surface area contributed by atoms with E-state index in [0.29, 0.717) is 19.6 Å². The first kappa shape index (κ1) is 28.6. The number of hydrogen-bond donors (Lipinski definition) is 1. The predicted octanol–water partition coefficient (Wildman–Crippen LogP) is 5.28. The third-order valence-electron chi connectivity index (χ3n) is 6.65. The summed E-state index contributed by atoms with van der Waals surface area (Å²) in [5.74, 6) is 4.55. The van der Waals surface area contributed by atoms with Gasteiger partial charge in [-0.2, -0.15) is 0 Å². The molecule has 0 spiro atoms. The smallest absolute Gasteiger partial charge is 0.261 e. The van der Waals surface area contributed by atoms with Crippen molar-refractivity contribution in [2.24, 2.45) is 5.41 Å². The average Bonchev–Trinajstić information content (AvgIpc) is 3.02. The van der Waals surface area contributed by atoms with Crippen LogP contribution < -0.4 is 10.4 Å². The molecule has 0 amide bonds.